The van der Waals surface area contributed by atoms with Crippen LogP contribution in [0.2, 0.25) is 5.02 Å². The van der Waals surface area contributed by atoms with Crippen molar-refractivity contribution in [1.82, 2.24) is 19.7 Å². The van der Waals surface area contributed by atoms with Gasteiger partial charge in [0.1, 0.15) is 24.2 Å². The molecule has 9 heteroatoms. The molecule has 0 unspecified atom stereocenters. The summed E-state index contributed by atoms with van der Waals surface area (Å²) in [7, 11) is 3.28. The second kappa shape index (κ2) is 9.36. The van der Waals surface area contributed by atoms with Crippen molar-refractivity contribution in [1.29, 1.82) is 0 Å². The van der Waals surface area contributed by atoms with E-state index in [1.165, 1.54) is 6.33 Å². The Morgan fingerprint density at radius 3 is 2.84 bits per heavy atom. The lowest BCUT2D eigenvalue weighted by atomic mass is 10.0. The largest absolute Gasteiger partial charge is 0.497 e. The molecule has 1 saturated heterocycles. The lowest BCUT2D eigenvalue weighted by Crippen LogP contribution is -2.33. The van der Waals surface area contributed by atoms with E-state index in [0.29, 0.717) is 16.4 Å². The number of carbonyl (C=O) groups excluding carboxylic acids is 1. The first kappa shape index (κ1) is 21.1. The summed E-state index contributed by atoms with van der Waals surface area (Å²) in [6.07, 6.45) is 4.98. The SMILES string of the molecule is COc1ccc([C@@H]2CCCN2CC(=O)Nc2cc(Cl)ccc2-n2cncn2)c(OC)c1. The van der Waals surface area contributed by atoms with Crippen LogP contribution in [-0.2, 0) is 4.79 Å². The molecule has 0 saturated carbocycles. The van der Waals surface area contributed by atoms with Gasteiger partial charge in [0.05, 0.1) is 32.1 Å². The maximum atomic E-state index is 12.9. The van der Waals surface area contributed by atoms with Crippen molar-refractivity contribution in [3.8, 4) is 17.2 Å². The van der Waals surface area contributed by atoms with Crippen LogP contribution in [0.5, 0.6) is 11.5 Å². The van der Waals surface area contributed by atoms with Crippen LogP contribution in [0.15, 0.2) is 49.1 Å². The van der Waals surface area contributed by atoms with Crippen LogP contribution in [0.3, 0.4) is 0 Å². The molecule has 4 rings (SSSR count). The van der Waals surface area contributed by atoms with Crippen LogP contribution in [0.1, 0.15) is 24.4 Å². The minimum atomic E-state index is -0.122. The van der Waals surface area contributed by atoms with Gasteiger partial charge in [-0.1, -0.05) is 17.7 Å². The Kier molecular flexibility index (Phi) is 6.39. The molecule has 2 aromatic carbocycles. The van der Waals surface area contributed by atoms with Gasteiger partial charge in [-0.3, -0.25) is 9.69 Å². The molecule has 2 heterocycles. The van der Waals surface area contributed by atoms with E-state index in [9.17, 15) is 4.79 Å². The number of nitrogens with one attached hydrogen (secondary N) is 1. The molecule has 1 aliphatic rings. The van der Waals surface area contributed by atoms with Crippen LogP contribution in [0.25, 0.3) is 5.69 Å². The summed E-state index contributed by atoms with van der Waals surface area (Å²) in [4.78, 5) is 19.1. The number of ether oxygens (including phenoxy) is 2. The second-order valence-corrected chi connectivity index (χ2v) is 7.72. The molecule has 3 aromatic rings. The molecule has 31 heavy (non-hydrogen) atoms. The van der Waals surface area contributed by atoms with Gasteiger partial charge in [-0.25, -0.2) is 9.67 Å². The number of methoxy groups -OCH3 is 2. The first-order valence-electron chi connectivity index (χ1n) is 9.99. The summed E-state index contributed by atoms with van der Waals surface area (Å²) in [6, 6.07) is 11.2. The predicted molar refractivity (Wildman–Crippen MR) is 118 cm³/mol. The number of aromatic nitrogens is 3. The number of hydrogen-bond donors (Lipinski definition) is 1. The van der Waals surface area contributed by atoms with Gasteiger partial charge in [0, 0.05) is 22.7 Å². The molecule has 1 atom stereocenters. The molecule has 162 valence electrons. The molecule has 8 nitrogen and oxygen atoms in total. The number of benzene rings is 2. The van der Waals surface area contributed by atoms with E-state index in [4.69, 9.17) is 21.1 Å². The quantitative estimate of drug-likeness (QED) is 0.602. The number of halogens is 1. The molecule has 1 N–H and O–H groups in total. The third kappa shape index (κ3) is 4.65. The highest BCUT2D eigenvalue weighted by atomic mass is 35.5. The van der Waals surface area contributed by atoms with E-state index in [-0.39, 0.29) is 18.5 Å². The van der Waals surface area contributed by atoms with E-state index in [1.807, 2.05) is 18.2 Å². The van der Waals surface area contributed by atoms with Gasteiger partial charge in [0.25, 0.3) is 0 Å². The Labute approximate surface area is 185 Å². The zero-order valence-electron chi connectivity index (χ0n) is 17.4. The molecule has 0 aliphatic carbocycles. The zero-order chi connectivity index (χ0) is 21.8. The normalized spacial score (nSPS) is 16.3. The van der Waals surface area contributed by atoms with Crippen molar-refractivity contribution >= 4 is 23.2 Å². The molecular formula is C22H24ClN5O3. The number of rotatable bonds is 7. The summed E-state index contributed by atoms with van der Waals surface area (Å²) in [5.74, 6) is 1.38. The molecule has 1 aromatic heterocycles. The van der Waals surface area contributed by atoms with E-state index < -0.39 is 0 Å². The molecule has 0 spiro atoms. The van der Waals surface area contributed by atoms with Crippen LogP contribution in [0, 0.1) is 0 Å². The number of amides is 1. The summed E-state index contributed by atoms with van der Waals surface area (Å²) >= 11 is 6.16. The fraction of sp³-hybridized carbons (Fsp3) is 0.318. The van der Waals surface area contributed by atoms with Crippen LogP contribution < -0.4 is 14.8 Å². The smallest absolute Gasteiger partial charge is 0.238 e. The first-order chi connectivity index (χ1) is 15.1. The highest BCUT2D eigenvalue weighted by molar-refractivity contribution is 6.31. The second-order valence-electron chi connectivity index (χ2n) is 7.29. The van der Waals surface area contributed by atoms with Crippen molar-refractivity contribution in [2.45, 2.75) is 18.9 Å². The van der Waals surface area contributed by atoms with Gasteiger partial charge in [-0.05, 0) is 43.7 Å². The maximum absolute atomic E-state index is 12.9. The Hall–Kier alpha value is -3.10. The zero-order valence-corrected chi connectivity index (χ0v) is 18.2. The van der Waals surface area contributed by atoms with Crippen LogP contribution in [0.4, 0.5) is 5.69 Å². The number of nitrogens with zero attached hydrogens (tertiary/aromatic N) is 4. The molecule has 1 fully saturated rings. The average Bonchev–Trinajstić information content (AvgIpc) is 3.45. The van der Waals surface area contributed by atoms with Crippen LogP contribution >= 0.6 is 11.6 Å². The Balaban J connectivity index is 1.51. The minimum absolute atomic E-state index is 0.0979. The molecular weight excluding hydrogens is 418 g/mol. The number of likely N-dealkylation sites (tertiary alicyclic amines) is 1. The lowest BCUT2D eigenvalue weighted by molar-refractivity contribution is -0.117. The standard InChI is InChI=1S/C22H24ClN5O3/c1-30-16-6-7-17(21(11-16)31-2)19-4-3-9-27(19)12-22(29)26-18-10-15(23)5-8-20(18)28-14-24-13-25-28/h5-8,10-11,13-14,19H,3-4,9,12H2,1-2H3,(H,26,29)/t19-/m0/s1. The highest BCUT2D eigenvalue weighted by Crippen LogP contribution is 2.38. The van der Waals surface area contributed by atoms with Gasteiger partial charge >= 0.3 is 0 Å². The predicted octanol–water partition coefficient (Wildman–Crippen LogP) is 3.71. The molecule has 0 radical (unpaired) electrons. The third-order valence-electron chi connectivity index (χ3n) is 5.41. The van der Waals surface area contributed by atoms with Gasteiger partial charge in [-0.2, -0.15) is 5.10 Å². The fourth-order valence-electron chi connectivity index (χ4n) is 3.98. The van der Waals surface area contributed by atoms with E-state index in [2.05, 4.69) is 20.3 Å². The van der Waals surface area contributed by atoms with Gasteiger partial charge < -0.3 is 14.8 Å². The summed E-state index contributed by atoms with van der Waals surface area (Å²) in [6.45, 7) is 1.09. The number of hydrogen-bond acceptors (Lipinski definition) is 6. The van der Waals surface area contributed by atoms with Crippen molar-refractivity contribution in [2.75, 3.05) is 32.6 Å². The van der Waals surface area contributed by atoms with E-state index >= 15 is 0 Å². The van der Waals surface area contributed by atoms with Gasteiger partial charge in [0.2, 0.25) is 5.91 Å². The highest BCUT2D eigenvalue weighted by Gasteiger charge is 2.30. The van der Waals surface area contributed by atoms with Gasteiger partial charge in [-0.15, -0.1) is 0 Å². The Bertz CT molecular complexity index is 1060. The fourth-order valence-corrected chi connectivity index (χ4v) is 4.15. The first-order valence-corrected chi connectivity index (χ1v) is 10.4. The summed E-state index contributed by atoms with van der Waals surface area (Å²) in [5.41, 5.74) is 2.34. The third-order valence-corrected chi connectivity index (χ3v) is 5.64. The van der Waals surface area contributed by atoms with E-state index in [0.717, 1.165) is 36.4 Å². The van der Waals surface area contributed by atoms with Gasteiger partial charge in [0.15, 0.2) is 0 Å². The van der Waals surface area contributed by atoms with E-state index in [1.54, 1.807) is 43.4 Å². The summed E-state index contributed by atoms with van der Waals surface area (Å²) < 4.78 is 12.5. The number of anilines is 1. The molecule has 1 amide bonds. The van der Waals surface area contributed by atoms with Crippen molar-refractivity contribution in [3.63, 3.8) is 0 Å². The molecule has 0 bridgehead atoms. The number of carbonyl (C=O) groups is 1. The Morgan fingerprint density at radius 1 is 1.23 bits per heavy atom. The minimum Gasteiger partial charge on any atom is -0.497 e. The average molecular weight is 442 g/mol. The van der Waals surface area contributed by atoms with Crippen LogP contribution in [-0.4, -0.2) is 52.9 Å². The van der Waals surface area contributed by atoms with Crippen molar-refractivity contribution in [3.05, 3.63) is 59.6 Å². The van der Waals surface area contributed by atoms with Crippen molar-refractivity contribution in [2.24, 2.45) is 0 Å². The Morgan fingerprint density at radius 2 is 2.10 bits per heavy atom. The lowest BCUT2D eigenvalue weighted by Gasteiger charge is -2.26. The maximum Gasteiger partial charge on any atom is 0.238 e. The summed E-state index contributed by atoms with van der Waals surface area (Å²) in [5, 5.41) is 7.66. The molecule has 1 aliphatic heterocycles. The topological polar surface area (TPSA) is 81.5 Å². The van der Waals surface area contributed by atoms with Crippen molar-refractivity contribution < 1.29 is 14.3 Å². The monoisotopic (exact) mass is 441 g/mol.